The first-order valence-electron chi connectivity index (χ1n) is 5.85. The van der Waals surface area contributed by atoms with Gasteiger partial charge in [0.2, 0.25) is 5.91 Å². The number of carbonyl (C=O) groups is 2. The quantitative estimate of drug-likeness (QED) is 0.648. The van der Waals surface area contributed by atoms with E-state index in [9.17, 15) is 9.59 Å². The van der Waals surface area contributed by atoms with Crippen molar-refractivity contribution in [3.63, 3.8) is 0 Å². The standard InChI is InChI=1S/C11H18N2O4/c1-16-11(15)9(7-2-3-7)13-4-5-17-6-8(13)10(12)14/h7-9H,2-6H2,1H3,(H2,12,14). The molecule has 0 aromatic carbocycles. The highest BCUT2D eigenvalue weighted by molar-refractivity contribution is 5.82. The Morgan fingerprint density at radius 2 is 2.18 bits per heavy atom. The van der Waals surface area contributed by atoms with Gasteiger partial charge in [-0.05, 0) is 18.8 Å². The molecule has 1 saturated heterocycles. The van der Waals surface area contributed by atoms with Crippen LogP contribution in [0.25, 0.3) is 0 Å². The second-order valence-electron chi connectivity index (χ2n) is 4.54. The summed E-state index contributed by atoms with van der Waals surface area (Å²) in [5.74, 6) is -0.428. The molecule has 1 aliphatic carbocycles. The van der Waals surface area contributed by atoms with Crippen LogP contribution in [0.15, 0.2) is 0 Å². The summed E-state index contributed by atoms with van der Waals surface area (Å²) in [4.78, 5) is 25.0. The van der Waals surface area contributed by atoms with Crippen LogP contribution in [0.3, 0.4) is 0 Å². The first-order chi connectivity index (χ1) is 8.15. The first kappa shape index (κ1) is 12.3. The summed E-state index contributed by atoms with van der Waals surface area (Å²) < 4.78 is 10.1. The van der Waals surface area contributed by atoms with E-state index < -0.39 is 11.9 Å². The minimum Gasteiger partial charge on any atom is -0.468 e. The number of hydrogen-bond acceptors (Lipinski definition) is 5. The third-order valence-corrected chi connectivity index (χ3v) is 3.37. The van der Waals surface area contributed by atoms with Gasteiger partial charge in [-0.15, -0.1) is 0 Å². The topological polar surface area (TPSA) is 81.9 Å². The van der Waals surface area contributed by atoms with E-state index in [4.69, 9.17) is 15.2 Å². The van der Waals surface area contributed by atoms with Gasteiger partial charge in [-0.1, -0.05) is 0 Å². The molecule has 2 atom stereocenters. The highest BCUT2D eigenvalue weighted by Gasteiger charge is 2.45. The molecule has 6 nitrogen and oxygen atoms in total. The Labute approximate surface area is 100 Å². The lowest BCUT2D eigenvalue weighted by Gasteiger charge is -2.38. The summed E-state index contributed by atoms with van der Waals surface area (Å²) in [6, 6.07) is -0.866. The second kappa shape index (κ2) is 5.01. The number of hydrogen-bond donors (Lipinski definition) is 1. The minimum atomic E-state index is -0.520. The van der Waals surface area contributed by atoms with Crippen molar-refractivity contribution in [2.45, 2.75) is 24.9 Å². The van der Waals surface area contributed by atoms with Crippen LogP contribution in [0.4, 0.5) is 0 Å². The van der Waals surface area contributed by atoms with Gasteiger partial charge in [-0.2, -0.15) is 0 Å². The van der Waals surface area contributed by atoms with Crippen LogP contribution in [0.2, 0.25) is 0 Å². The van der Waals surface area contributed by atoms with E-state index in [1.807, 2.05) is 4.90 Å². The van der Waals surface area contributed by atoms with Crippen molar-refractivity contribution in [1.82, 2.24) is 4.90 Å². The second-order valence-corrected chi connectivity index (χ2v) is 4.54. The van der Waals surface area contributed by atoms with Crippen LogP contribution in [-0.2, 0) is 19.1 Å². The number of methoxy groups -OCH3 is 1. The molecule has 2 aliphatic rings. The molecule has 96 valence electrons. The van der Waals surface area contributed by atoms with E-state index in [0.29, 0.717) is 19.1 Å². The first-order valence-corrected chi connectivity index (χ1v) is 5.85. The van der Waals surface area contributed by atoms with Crippen LogP contribution in [-0.4, -0.2) is 55.7 Å². The average molecular weight is 242 g/mol. The summed E-state index contributed by atoms with van der Waals surface area (Å²) >= 11 is 0. The van der Waals surface area contributed by atoms with Crippen molar-refractivity contribution in [2.24, 2.45) is 11.7 Å². The molecule has 0 aromatic heterocycles. The molecule has 1 aliphatic heterocycles. The average Bonchev–Trinajstić information content (AvgIpc) is 3.14. The molecule has 0 radical (unpaired) electrons. The summed E-state index contributed by atoms with van der Waals surface area (Å²) in [6.45, 7) is 1.32. The van der Waals surface area contributed by atoms with Gasteiger partial charge < -0.3 is 15.2 Å². The molecule has 2 N–H and O–H groups in total. The zero-order chi connectivity index (χ0) is 12.4. The van der Waals surface area contributed by atoms with Crippen LogP contribution in [0, 0.1) is 5.92 Å². The van der Waals surface area contributed by atoms with Crippen molar-refractivity contribution in [3.05, 3.63) is 0 Å². The smallest absolute Gasteiger partial charge is 0.323 e. The highest BCUT2D eigenvalue weighted by Crippen LogP contribution is 2.37. The number of carbonyl (C=O) groups excluding carboxylic acids is 2. The minimum absolute atomic E-state index is 0.259. The summed E-state index contributed by atoms with van der Waals surface area (Å²) in [7, 11) is 1.37. The third-order valence-electron chi connectivity index (χ3n) is 3.37. The van der Waals surface area contributed by atoms with Crippen molar-refractivity contribution in [2.75, 3.05) is 26.9 Å². The number of nitrogens with zero attached hydrogens (tertiary/aromatic N) is 1. The van der Waals surface area contributed by atoms with Gasteiger partial charge in [0.15, 0.2) is 0 Å². The Morgan fingerprint density at radius 1 is 1.47 bits per heavy atom. The van der Waals surface area contributed by atoms with E-state index in [-0.39, 0.29) is 18.6 Å². The molecule has 6 heteroatoms. The fourth-order valence-electron chi connectivity index (χ4n) is 2.33. The maximum absolute atomic E-state index is 11.8. The maximum Gasteiger partial charge on any atom is 0.323 e. The van der Waals surface area contributed by atoms with Crippen molar-refractivity contribution >= 4 is 11.9 Å². The van der Waals surface area contributed by atoms with Crippen molar-refractivity contribution in [3.8, 4) is 0 Å². The number of esters is 1. The number of ether oxygens (including phenoxy) is 2. The maximum atomic E-state index is 11.8. The predicted octanol–water partition coefficient (Wildman–Crippen LogP) is -0.876. The monoisotopic (exact) mass is 242 g/mol. The van der Waals surface area contributed by atoms with Gasteiger partial charge in [0, 0.05) is 6.54 Å². The molecule has 1 saturated carbocycles. The van der Waals surface area contributed by atoms with Gasteiger partial charge >= 0.3 is 5.97 Å². The van der Waals surface area contributed by atoms with Crippen LogP contribution >= 0.6 is 0 Å². The van der Waals surface area contributed by atoms with E-state index >= 15 is 0 Å². The molecule has 0 aromatic rings. The lowest BCUT2D eigenvalue weighted by molar-refractivity contribution is -0.154. The Hall–Kier alpha value is -1.14. The Balaban J connectivity index is 2.14. The number of primary amides is 1. The molecular formula is C11H18N2O4. The fraction of sp³-hybridized carbons (Fsp3) is 0.818. The summed E-state index contributed by atoms with van der Waals surface area (Å²) in [6.07, 6.45) is 2.01. The Bertz CT molecular complexity index is 317. The number of morpholine rings is 1. The number of rotatable bonds is 4. The normalized spacial score (nSPS) is 27.5. The van der Waals surface area contributed by atoms with Crippen LogP contribution < -0.4 is 5.73 Å². The van der Waals surface area contributed by atoms with Gasteiger partial charge in [0.25, 0.3) is 0 Å². The van der Waals surface area contributed by atoms with Crippen LogP contribution in [0.1, 0.15) is 12.8 Å². The molecule has 2 rings (SSSR count). The van der Waals surface area contributed by atoms with Crippen molar-refractivity contribution in [1.29, 1.82) is 0 Å². The molecule has 2 unspecified atom stereocenters. The highest BCUT2D eigenvalue weighted by atomic mass is 16.5. The van der Waals surface area contributed by atoms with E-state index in [1.54, 1.807) is 0 Å². The number of nitrogens with two attached hydrogens (primary N) is 1. The lowest BCUT2D eigenvalue weighted by atomic mass is 10.1. The summed E-state index contributed by atoms with van der Waals surface area (Å²) in [5, 5.41) is 0. The van der Waals surface area contributed by atoms with Gasteiger partial charge in [0.1, 0.15) is 12.1 Å². The molecule has 0 spiro atoms. The molecule has 1 amide bonds. The molecule has 17 heavy (non-hydrogen) atoms. The molecule has 2 fully saturated rings. The largest absolute Gasteiger partial charge is 0.468 e. The Morgan fingerprint density at radius 3 is 2.71 bits per heavy atom. The SMILES string of the molecule is COC(=O)C(C1CC1)N1CCOCC1C(N)=O. The predicted molar refractivity (Wildman–Crippen MR) is 59.0 cm³/mol. The van der Waals surface area contributed by atoms with Crippen LogP contribution in [0.5, 0.6) is 0 Å². The van der Waals surface area contributed by atoms with Crippen molar-refractivity contribution < 1.29 is 19.1 Å². The molecule has 0 bridgehead atoms. The van der Waals surface area contributed by atoms with Gasteiger partial charge in [-0.25, -0.2) is 0 Å². The van der Waals surface area contributed by atoms with E-state index in [1.165, 1.54) is 7.11 Å². The molecular weight excluding hydrogens is 224 g/mol. The lowest BCUT2D eigenvalue weighted by Crippen LogP contribution is -2.59. The third kappa shape index (κ3) is 2.58. The number of amides is 1. The zero-order valence-corrected chi connectivity index (χ0v) is 9.93. The summed E-state index contributed by atoms with van der Waals surface area (Å²) in [5.41, 5.74) is 5.34. The van der Waals surface area contributed by atoms with Gasteiger partial charge in [0.05, 0.1) is 20.3 Å². The molecule has 1 heterocycles. The van der Waals surface area contributed by atoms with E-state index in [2.05, 4.69) is 0 Å². The Kier molecular flexibility index (Phi) is 3.63. The fourth-order valence-corrected chi connectivity index (χ4v) is 2.33. The zero-order valence-electron chi connectivity index (χ0n) is 9.93. The van der Waals surface area contributed by atoms with E-state index in [0.717, 1.165) is 12.8 Å². The van der Waals surface area contributed by atoms with Gasteiger partial charge in [-0.3, -0.25) is 14.5 Å².